The lowest BCUT2D eigenvalue weighted by Crippen LogP contribution is -2.28. The van der Waals surface area contributed by atoms with Gasteiger partial charge in [-0.05, 0) is 24.6 Å². The van der Waals surface area contributed by atoms with E-state index in [1.54, 1.807) is 6.20 Å². The van der Waals surface area contributed by atoms with E-state index in [2.05, 4.69) is 0 Å². The van der Waals surface area contributed by atoms with Crippen molar-refractivity contribution in [3.63, 3.8) is 0 Å². The quantitative estimate of drug-likeness (QED) is 0.580. The zero-order valence-corrected chi connectivity index (χ0v) is 13.4. The minimum Gasteiger partial charge on any atom is -0.451 e. The van der Waals surface area contributed by atoms with Gasteiger partial charge in [-0.2, -0.15) is 0 Å². The molecule has 2 N–H and O–H groups in total. The molecule has 5 rings (SSSR count). The molecule has 1 aromatic heterocycles. The molecule has 0 aliphatic carbocycles. The Hall–Kier alpha value is -2.86. The molecule has 2 aromatic carbocycles. The summed E-state index contributed by atoms with van der Waals surface area (Å²) >= 11 is 0. The summed E-state index contributed by atoms with van der Waals surface area (Å²) in [4.78, 5) is 14.2. The van der Waals surface area contributed by atoms with Gasteiger partial charge in [-0.15, -0.1) is 0 Å². The molecule has 0 amide bonds. The standard InChI is InChI=1S/C19H16FN3O2/c20-13-9-12-15(24)6-8-23-14-3-1-2-4-16(14)25-19(17(12)23)18(13)22-7-5-11(21)10-22/h1-4,6,8-9,11H,5,7,10,21H2. The van der Waals surface area contributed by atoms with Gasteiger partial charge in [0.05, 0.1) is 11.1 Å². The van der Waals surface area contributed by atoms with Crippen molar-refractivity contribution in [2.45, 2.75) is 12.5 Å². The molecular weight excluding hydrogens is 321 g/mol. The van der Waals surface area contributed by atoms with Gasteiger partial charge in [-0.3, -0.25) is 4.79 Å². The van der Waals surface area contributed by atoms with Crippen LogP contribution < -0.4 is 20.8 Å². The summed E-state index contributed by atoms with van der Waals surface area (Å²) in [5, 5.41) is 0.316. The van der Waals surface area contributed by atoms with Crippen molar-refractivity contribution in [3.05, 3.63) is 58.6 Å². The highest BCUT2D eigenvalue weighted by Gasteiger charge is 2.31. The third-order valence-electron chi connectivity index (χ3n) is 4.94. The summed E-state index contributed by atoms with van der Waals surface area (Å²) in [5.74, 6) is 0.571. The maximum atomic E-state index is 14.9. The predicted molar refractivity (Wildman–Crippen MR) is 94.4 cm³/mol. The van der Waals surface area contributed by atoms with Crippen LogP contribution in [0.15, 0.2) is 47.4 Å². The molecule has 2 aliphatic rings. The lowest BCUT2D eigenvalue weighted by atomic mass is 10.1. The fourth-order valence-corrected chi connectivity index (χ4v) is 3.77. The Kier molecular flexibility index (Phi) is 2.93. The summed E-state index contributed by atoms with van der Waals surface area (Å²) in [6.07, 6.45) is 2.52. The maximum Gasteiger partial charge on any atom is 0.189 e. The van der Waals surface area contributed by atoms with Gasteiger partial charge in [-0.1, -0.05) is 12.1 Å². The van der Waals surface area contributed by atoms with Crippen LogP contribution in [0, 0.1) is 5.82 Å². The van der Waals surface area contributed by atoms with Gasteiger partial charge < -0.3 is 19.9 Å². The Labute approximate surface area is 143 Å². The average Bonchev–Trinajstić information content (AvgIpc) is 3.03. The Balaban J connectivity index is 1.88. The molecule has 0 spiro atoms. The van der Waals surface area contributed by atoms with Crippen LogP contribution in [0.1, 0.15) is 6.42 Å². The molecule has 1 atom stereocenters. The molecule has 2 aliphatic heterocycles. The van der Waals surface area contributed by atoms with Crippen LogP contribution in [-0.4, -0.2) is 23.7 Å². The van der Waals surface area contributed by atoms with E-state index in [0.717, 1.165) is 12.1 Å². The predicted octanol–water partition coefficient (Wildman–Crippen LogP) is 2.77. The van der Waals surface area contributed by atoms with Crippen molar-refractivity contribution in [1.29, 1.82) is 0 Å². The molecule has 126 valence electrons. The van der Waals surface area contributed by atoms with E-state index in [-0.39, 0.29) is 11.5 Å². The van der Waals surface area contributed by atoms with E-state index in [4.69, 9.17) is 10.5 Å². The van der Waals surface area contributed by atoms with E-state index < -0.39 is 5.82 Å². The highest BCUT2D eigenvalue weighted by atomic mass is 19.1. The van der Waals surface area contributed by atoms with Crippen LogP contribution in [-0.2, 0) is 0 Å². The Bertz CT molecular complexity index is 1080. The van der Waals surface area contributed by atoms with Crippen LogP contribution in [0.4, 0.5) is 10.1 Å². The molecule has 3 aromatic rings. The van der Waals surface area contributed by atoms with Gasteiger partial charge in [0.25, 0.3) is 0 Å². The third kappa shape index (κ3) is 2.01. The number of pyridine rings is 1. The van der Waals surface area contributed by atoms with Gasteiger partial charge in [0.1, 0.15) is 11.2 Å². The number of hydrogen-bond donors (Lipinski definition) is 1. The van der Waals surface area contributed by atoms with Crippen LogP contribution in [0.5, 0.6) is 11.5 Å². The molecule has 25 heavy (non-hydrogen) atoms. The molecule has 1 saturated heterocycles. The molecule has 3 heterocycles. The number of hydrogen-bond acceptors (Lipinski definition) is 4. The Morgan fingerprint density at radius 1 is 1.24 bits per heavy atom. The second-order valence-electron chi connectivity index (χ2n) is 6.55. The highest BCUT2D eigenvalue weighted by molar-refractivity contribution is 5.94. The van der Waals surface area contributed by atoms with Crippen molar-refractivity contribution in [2.75, 3.05) is 18.0 Å². The van der Waals surface area contributed by atoms with Crippen molar-refractivity contribution >= 4 is 16.6 Å². The largest absolute Gasteiger partial charge is 0.451 e. The average molecular weight is 337 g/mol. The van der Waals surface area contributed by atoms with E-state index in [1.807, 2.05) is 33.7 Å². The fourth-order valence-electron chi connectivity index (χ4n) is 3.77. The second-order valence-corrected chi connectivity index (χ2v) is 6.55. The first-order valence-corrected chi connectivity index (χ1v) is 8.29. The molecule has 1 fully saturated rings. The second kappa shape index (κ2) is 5.07. The number of rotatable bonds is 1. The lowest BCUT2D eigenvalue weighted by Gasteiger charge is -2.28. The number of ether oxygens (including phenoxy) is 1. The zero-order valence-electron chi connectivity index (χ0n) is 13.4. The Morgan fingerprint density at radius 2 is 2.08 bits per heavy atom. The summed E-state index contributed by atoms with van der Waals surface area (Å²) in [5.41, 5.74) is 7.59. The first-order chi connectivity index (χ1) is 12.1. The topological polar surface area (TPSA) is 60.5 Å². The minimum atomic E-state index is -0.453. The minimum absolute atomic E-state index is 0.0103. The SMILES string of the molecule is NC1CCN(c2c(F)cc3c(=O)ccn4c3c2Oc2ccccc2-4)C1. The highest BCUT2D eigenvalue weighted by Crippen LogP contribution is 2.46. The van der Waals surface area contributed by atoms with Crippen molar-refractivity contribution < 1.29 is 9.13 Å². The smallest absolute Gasteiger partial charge is 0.189 e. The number of para-hydroxylation sites is 2. The molecule has 0 radical (unpaired) electrons. The number of fused-ring (bicyclic) bond motifs is 2. The lowest BCUT2D eigenvalue weighted by molar-refractivity contribution is 0.469. The number of aromatic nitrogens is 1. The third-order valence-corrected chi connectivity index (χ3v) is 4.94. The summed E-state index contributed by atoms with van der Waals surface area (Å²) in [6.45, 7) is 1.23. The van der Waals surface area contributed by atoms with Crippen LogP contribution in [0.25, 0.3) is 16.6 Å². The molecule has 0 saturated carbocycles. The number of nitrogens with two attached hydrogens (primary N) is 1. The monoisotopic (exact) mass is 337 g/mol. The van der Waals surface area contributed by atoms with E-state index >= 15 is 0 Å². The normalized spacial score (nSPS) is 18.3. The van der Waals surface area contributed by atoms with Gasteiger partial charge in [0, 0.05) is 31.4 Å². The van der Waals surface area contributed by atoms with Crippen LogP contribution >= 0.6 is 0 Å². The molecule has 0 bridgehead atoms. The van der Waals surface area contributed by atoms with Gasteiger partial charge in [0.2, 0.25) is 0 Å². The van der Waals surface area contributed by atoms with Crippen LogP contribution in [0.3, 0.4) is 0 Å². The van der Waals surface area contributed by atoms with E-state index in [0.29, 0.717) is 41.2 Å². The zero-order chi connectivity index (χ0) is 17.1. The molecular formula is C19H16FN3O2. The van der Waals surface area contributed by atoms with Crippen molar-refractivity contribution in [2.24, 2.45) is 5.73 Å². The van der Waals surface area contributed by atoms with Gasteiger partial charge in [0.15, 0.2) is 22.7 Å². The fraction of sp³-hybridized carbons (Fsp3) is 0.211. The Morgan fingerprint density at radius 3 is 2.88 bits per heavy atom. The van der Waals surface area contributed by atoms with Crippen molar-refractivity contribution in [3.8, 4) is 17.2 Å². The summed E-state index contributed by atoms with van der Waals surface area (Å²) < 4.78 is 22.9. The van der Waals surface area contributed by atoms with Crippen LogP contribution in [0.2, 0.25) is 0 Å². The van der Waals surface area contributed by atoms with Crippen molar-refractivity contribution in [1.82, 2.24) is 4.57 Å². The molecule has 6 heteroatoms. The summed E-state index contributed by atoms with van der Waals surface area (Å²) in [6, 6.07) is 10.3. The first-order valence-electron chi connectivity index (χ1n) is 8.29. The molecule has 1 unspecified atom stereocenters. The number of halogens is 1. The molecule has 5 nitrogen and oxygen atoms in total. The first kappa shape index (κ1) is 14.5. The van der Waals surface area contributed by atoms with E-state index in [9.17, 15) is 9.18 Å². The van der Waals surface area contributed by atoms with Gasteiger partial charge in [-0.25, -0.2) is 4.39 Å². The number of nitrogens with zero attached hydrogens (tertiary/aromatic N) is 2. The summed E-state index contributed by atoms with van der Waals surface area (Å²) in [7, 11) is 0. The van der Waals surface area contributed by atoms with E-state index in [1.165, 1.54) is 12.1 Å². The number of benzene rings is 2. The maximum absolute atomic E-state index is 14.9. The van der Waals surface area contributed by atoms with Gasteiger partial charge >= 0.3 is 0 Å². The number of anilines is 1.